The van der Waals surface area contributed by atoms with Gasteiger partial charge in [-0.15, -0.1) is 11.3 Å². The SMILES string of the molecule is COC(=O)c1c(NC(=O)COC(=O)c2ccc(C#N)cc2)sc2c1CCCC2. The van der Waals surface area contributed by atoms with E-state index in [1.54, 1.807) is 0 Å². The van der Waals surface area contributed by atoms with Crippen LogP contribution in [-0.4, -0.2) is 31.6 Å². The van der Waals surface area contributed by atoms with Crippen molar-refractivity contribution in [3.05, 3.63) is 51.4 Å². The van der Waals surface area contributed by atoms with Gasteiger partial charge in [-0.05, 0) is 55.5 Å². The highest BCUT2D eigenvalue weighted by Crippen LogP contribution is 2.38. The van der Waals surface area contributed by atoms with Crippen molar-refractivity contribution < 1.29 is 23.9 Å². The number of carbonyl (C=O) groups excluding carboxylic acids is 3. The van der Waals surface area contributed by atoms with E-state index >= 15 is 0 Å². The summed E-state index contributed by atoms with van der Waals surface area (Å²) in [5, 5.41) is 11.9. The lowest BCUT2D eigenvalue weighted by Gasteiger charge is -2.11. The van der Waals surface area contributed by atoms with Crippen molar-refractivity contribution in [2.75, 3.05) is 19.0 Å². The van der Waals surface area contributed by atoms with Crippen LogP contribution in [0.5, 0.6) is 0 Å². The molecule has 0 radical (unpaired) electrons. The van der Waals surface area contributed by atoms with Gasteiger partial charge in [0.25, 0.3) is 5.91 Å². The van der Waals surface area contributed by atoms with Crippen LogP contribution >= 0.6 is 11.3 Å². The van der Waals surface area contributed by atoms with Crippen LogP contribution in [0.15, 0.2) is 24.3 Å². The number of hydrogen-bond acceptors (Lipinski definition) is 7. The molecule has 1 aliphatic carbocycles. The number of nitriles is 1. The molecule has 8 heteroatoms. The Kier molecular flexibility index (Phi) is 6.06. The first-order valence-electron chi connectivity index (χ1n) is 8.73. The average molecular weight is 398 g/mol. The molecule has 0 aliphatic heterocycles. The lowest BCUT2D eigenvalue weighted by molar-refractivity contribution is -0.119. The zero-order chi connectivity index (χ0) is 20.1. The van der Waals surface area contributed by atoms with Gasteiger partial charge in [-0.1, -0.05) is 0 Å². The van der Waals surface area contributed by atoms with Crippen LogP contribution in [0.2, 0.25) is 0 Å². The molecule has 1 heterocycles. The highest BCUT2D eigenvalue weighted by atomic mass is 32.1. The number of esters is 2. The van der Waals surface area contributed by atoms with Gasteiger partial charge in [0.15, 0.2) is 6.61 Å². The number of nitrogens with one attached hydrogen (secondary N) is 1. The van der Waals surface area contributed by atoms with Gasteiger partial charge in [0.1, 0.15) is 5.00 Å². The van der Waals surface area contributed by atoms with Crippen LogP contribution in [0.1, 0.15) is 49.6 Å². The van der Waals surface area contributed by atoms with Gasteiger partial charge in [-0.25, -0.2) is 9.59 Å². The minimum absolute atomic E-state index is 0.244. The molecule has 1 aliphatic rings. The number of anilines is 1. The smallest absolute Gasteiger partial charge is 0.341 e. The molecule has 0 saturated carbocycles. The number of carbonyl (C=O) groups is 3. The summed E-state index contributed by atoms with van der Waals surface area (Å²) in [6.07, 6.45) is 3.68. The van der Waals surface area contributed by atoms with E-state index in [4.69, 9.17) is 14.7 Å². The zero-order valence-corrected chi connectivity index (χ0v) is 16.1. The Morgan fingerprint density at radius 3 is 2.54 bits per heavy atom. The van der Waals surface area contributed by atoms with E-state index in [9.17, 15) is 14.4 Å². The lowest BCUT2D eigenvalue weighted by atomic mass is 9.95. The summed E-state index contributed by atoms with van der Waals surface area (Å²) in [5.74, 6) is -1.69. The van der Waals surface area contributed by atoms with E-state index in [0.29, 0.717) is 16.1 Å². The van der Waals surface area contributed by atoms with E-state index in [1.165, 1.54) is 42.7 Å². The topological polar surface area (TPSA) is 105 Å². The Labute approximate surface area is 165 Å². The Bertz CT molecular complexity index is 956. The molecule has 0 bridgehead atoms. The number of amides is 1. The molecule has 1 aromatic heterocycles. The molecular weight excluding hydrogens is 380 g/mol. The predicted molar refractivity (Wildman–Crippen MR) is 102 cm³/mol. The van der Waals surface area contributed by atoms with Crippen molar-refractivity contribution in [2.45, 2.75) is 25.7 Å². The summed E-state index contributed by atoms with van der Waals surface area (Å²) >= 11 is 1.36. The monoisotopic (exact) mass is 398 g/mol. The molecule has 7 nitrogen and oxygen atoms in total. The second-order valence-electron chi connectivity index (χ2n) is 6.22. The standard InChI is InChI=1S/C20H18N2O5S/c1-26-20(25)17-14-4-2-3-5-15(14)28-18(17)22-16(23)11-27-19(24)13-8-6-12(10-21)7-9-13/h6-9H,2-5,11H2,1H3,(H,22,23). The van der Waals surface area contributed by atoms with Crippen LogP contribution in [-0.2, 0) is 27.1 Å². The number of fused-ring (bicyclic) bond motifs is 1. The van der Waals surface area contributed by atoms with Gasteiger partial charge < -0.3 is 14.8 Å². The van der Waals surface area contributed by atoms with Gasteiger partial charge in [-0.3, -0.25) is 4.79 Å². The molecule has 0 saturated heterocycles. The summed E-state index contributed by atoms with van der Waals surface area (Å²) in [4.78, 5) is 37.5. The Morgan fingerprint density at radius 2 is 1.86 bits per heavy atom. The van der Waals surface area contributed by atoms with E-state index in [1.807, 2.05) is 6.07 Å². The molecule has 1 N–H and O–H groups in total. The molecule has 2 aromatic rings. The summed E-state index contributed by atoms with van der Waals surface area (Å²) in [5.41, 5.74) is 2.00. The predicted octanol–water partition coefficient (Wildman–Crippen LogP) is 3.08. The Balaban J connectivity index is 1.66. The normalized spacial score (nSPS) is 12.4. The Morgan fingerprint density at radius 1 is 1.14 bits per heavy atom. The number of rotatable bonds is 5. The number of hydrogen-bond donors (Lipinski definition) is 1. The van der Waals surface area contributed by atoms with Crippen molar-refractivity contribution in [2.24, 2.45) is 0 Å². The van der Waals surface area contributed by atoms with E-state index in [0.717, 1.165) is 36.1 Å². The van der Waals surface area contributed by atoms with E-state index < -0.39 is 24.5 Å². The number of ether oxygens (including phenoxy) is 2. The van der Waals surface area contributed by atoms with Crippen LogP contribution < -0.4 is 5.32 Å². The van der Waals surface area contributed by atoms with E-state index in [-0.39, 0.29) is 5.56 Å². The van der Waals surface area contributed by atoms with Gasteiger partial charge in [0, 0.05) is 4.88 Å². The molecule has 28 heavy (non-hydrogen) atoms. The minimum atomic E-state index is -0.668. The van der Waals surface area contributed by atoms with Crippen LogP contribution in [0.25, 0.3) is 0 Å². The molecule has 1 amide bonds. The van der Waals surface area contributed by atoms with Gasteiger partial charge in [0.05, 0.1) is 29.9 Å². The second kappa shape index (κ2) is 8.67. The number of benzene rings is 1. The molecule has 0 spiro atoms. The average Bonchev–Trinajstić information content (AvgIpc) is 3.09. The molecule has 3 rings (SSSR count). The van der Waals surface area contributed by atoms with Gasteiger partial charge in [-0.2, -0.15) is 5.26 Å². The summed E-state index contributed by atoms with van der Waals surface area (Å²) < 4.78 is 9.88. The lowest BCUT2D eigenvalue weighted by Crippen LogP contribution is -2.21. The maximum Gasteiger partial charge on any atom is 0.341 e. The van der Waals surface area contributed by atoms with E-state index in [2.05, 4.69) is 5.32 Å². The third kappa shape index (κ3) is 4.21. The van der Waals surface area contributed by atoms with Crippen molar-refractivity contribution in [3.8, 4) is 6.07 Å². The number of thiophene rings is 1. The van der Waals surface area contributed by atoms with Crippen LogP contribution in [0.4, 0.5) is 5.00 Å². The Hall–Kier alpha value is -3.18. The number of nitrogens with zero attached hydrogens (tertiary/aromatic N) is 1. The van der Waals surface area contributed by atoms with Crippen molar-refractivity contribution >= 4 is 34.2 Å². The van der Waals surface area contributed by atoms with Gasteiger partial charge >= 0.3 is 11.9 Å². The summed E-state index contributed by atoms with van der Waals surface area (Å²) in [7, 11) is 1.31. The molecule has 1 aromatic carbocycles. The first-order valence-corrected chi connectivity index (χ1v) is 9.55. The second-order valence-corrected chi connectivity index (χ2v) is 7.33. The first kappa shape index (κ1) is 19.6. The third-order valence-electron chi connectivity index (χ3n) is 4.40. The van der Waals surface area contributed by atoms with Crippen LogP contribution in [0, 0.1) is 11.3 Å². The van der Waals surface area contributed by atoms with Crippen molar-refractivity contribution in [3.63, 3.8) is 0 Å². The first-order chi connectivity index (χ1) is 13.5. The highest BCUT2D eigenvalue weighted by Gasteiger charge is 2.27. The minimum Gasteiger partial charge on any atom is -0.465 e. The number of aryl methyl sites for hydroxylation is 1. The van der Waals surface area contributed by atoms with Gasteiger partial charge in [0.2, 0.25) is 0 Å². The fourth-order valence-corrected chi connectivity index (χ4v) is 4.32. The largest absolute Gasteiger partial charge is 0.465 e. The van der Waals surface area contributed by atoms with Crippen molar-refractivity contribution in [1.29, 1.82) is 5.26 Å². The molecule has 0 atom stereocenters. The molecular formula is C20H18N2O5S. The maximum absolute atomic E-state index is 12.2. The molecule has 0 unspecified atom stereocenters. The number of methoxy groups -OCH3 is 1. The maximum atomic E-state index is 12.2. The van der Waals surface area contributed by atoms with Crippen LogP contribution in [0.3, 0.4) is 0 Å². The zero-order valence-electron chi connectivity index (χ0n) is 15.2. The quantitative estimate of drug-likeness (QED) is 0.776. The van der Waals surface area contributed by atoms with Crippen molar-refractivity contribution in [1.82, 2.24) is 0 Å². The fraction of sp³-hybridized carbons (Fsp3) is 0.300. The molecule has 0 fully saturated rings. The molecule has 144 valence electrons. The summed E-state index contributed by atoms with van der Waals surface area (Å²) in [6.45, 7) is -0.484. The third-order valence-corrected chi connectivity index (χ3v) is 5.61. The fourth-order valence-electron chi connectivity index (χ4n) is 3.03. The summed E-state index contributed by atoms with van der Waals surface area (Å²) in [6, 6.07) is 7.87. The highest BCUT2D eigenvalue weighted by molar-refractivity contribution is 7.17.